The van der Waals surface area contributed by atoms with Crippen molar-refractivity contribution in [3.8, 4) is 6.07 Å². The number of hydrogen-bond acceptors (Lipinski definition) is 3. The number of carbonyl (C=O) groups excluding carboxylic acids is 1. The van der Waals surface area contributed by atoms with Gasteiger partial charge in [-0.2, -0.15) is 5.26 Å². The van der Waals surface area contributed by atoms with Crippen LogP contribution in [-0.4, -0.2) is 16.2 Å². The molecule has 0 bridgehead atoms. The van der Waals surface area contributed by atoms with Crippen LogP contribution in [0.4, 0.5) is 0 Å². The van der Waals surface area contributed by atoms with Crippen LogP contribution in [0.5, 0.6) is 0 Å². The molecule has 4 aromatic carbocycles. The number of hydrogen-bond donors (Lipinski definition) is 0. The molecule has 5 rings (SSSR count). The number of rotatable bonds is 5. The average molecular weight is 523 g/mol. The van der Waals surface area contributed by atoms with E-state index in [2.05, 4.69) is 47.5 Å². The standard InChI is InChI=1S/C30H20ClN2OPS/c31-23-18-16-22(17-19-23)20-28-29(34)33-30(36-28)27(21-32)35(24-10-4-1-5-11-24,25-12-6-2-7-13-25)26-14-8-3-9-15-26/h1-20H/b28-20+. The third-order valence-corrected chi connectivity index (χ3v) is 11.5. The molecule has 0 fully saturated rings. The van der Waals surface area contributed by atoms with E-state index in [0.29, 0.717) is 20.3 Å². The average Bonchev–Trinajstić information content (AvgIpc) is 3.29. The predicted molar refractivity (Wildman–Crippen MR) is 155 cm³/mol. The first kappa shape index (κ1) is 24.1. The van der Waals surface area contributed by atoms with Crippen LogP contribution < -0.4 is 15.9 Å². The van der Waals surface area contributed by atoms with E-state index in [-0.39, 0.29) is 5.91 Å². The molecule has 0 saturated heterocycles. The Bertz CT molecular complexity index is 1470. The molecule has 1 amide bonds. The summed E-state index contributed by atoms with van der Waals surface area (Å²) in [5.74, 6) is -0.343. The molecule has 0 radical (unpaired) electrons. The van der Waals surface area contributed by atoms with Crippen LogP contribution in [0, 0.1) is 11.3 Å². The Hall–Kier alpha value is -3.61. The van der Waals surface area contributed by atoms with Crippen LogP contribution in [0.3, 0.4) is 0 Å². The van der Waals surface area contributed by atoms with Crippen molar-refractivity contribution in [3.63, 3.8) is 0 Å². The summed E-state index contributed by atoms with van der Waals surface area (Å²) in [4.78, 5) is 17.9. The highest BCUT2D eigenvalue weighted by Crippen LogP contribution is 2.48. The minimum atomic E-state index is -2.65. The number of benzene rings is 4. The maximum atomic E-state index is 13.0. The van der Waals surface area contributed by atoms with Gasteiger partial charge in [0.15, 0.2) is 0 Å². The van der Waals surface area contributed by atoms with Gasteiger partial charge >= 0.3 is 0 Å². The molecule has 0 saturated carbocycles. The molecular formula is C30H20ClN2OPS. The van der Waals surface area contributed by atoms with Crippen molar-refractivity contribution >= 4 is 68.5 Å². The minimum Gasteiger partial charge on any atom is -0.266 e. The number of amides is 1. The van der Waals surface area contributed by atoms with Gasteiger partial charge in [-0.3, -0.25) is 4.79 Å². The number of aliphatic imine (C=N–C) groups is 1. The minimum absolute atomic E-state index is 0.343. The lowest BCUT2D eigenvalue weighted by molar-refractivity contribution is -0.113. The fourth-order valence-corrected chi connectivity index (χ4v) is 9.77. The molecule has 3 nitrogen and oxygen atoms in total. The Morgan fingerprint density at radius 2 is 1.25 bits per heavy atom. The van der Waals surface area contributed by atoms with E-state index in [9.17, 15) is 10.1 Å². The fraction of sp³-hybridized carbons (Fsp3) is 0. The van der Waals surface area contributed by atoms with Gasteiger partial charge in [-0.1, -0.05) is 126 Å². The fourth-order valence-electron chi connectivity index (χ4n) is 4.28. The number of thioether (sulfide) groups is 1. The molecule has 36 heavy (non-hydrogen) atoms. The SMILES string of the molecule is N#CC(C1=NC(=O)/C(=C\c2ccc(Cl)cc2)S1)=P(c1ccccc1)(c1ccccc1)c1ccccc1. The highest BCUT2D eigenvalue weighted by atomic mass is 35.5. The highest BCUT2D eigenvalue weighted by Gasteiger charge is 2.35. The number of carbonyl (C=O) groups is 1. The molecule has 174 valence electrons. The zero-order valence-corrected chi connectivity index (χ0v) is 21.5. The van der Waals surface area contributed by atoms with Crippen LogP contribution in [0.15, 0.2) is 125 Å². The van der Waals surface area contributed by atoms with Gasteiger partial charge in [0, 0.05) is 5.02 Å². The van der Waals surface area contributed by atoms with Crippen molar-refractivity contribution in [1.29, 1.82) is 5.26 Å². The van der Waals surface area contributed by atoms with E-state index >= 15 is 0 Å². The van der Waals surface area contributed by atoms with Crippen LogP contribution in [0.1, 0.15) is 5.56 Å². The maximum Gasteiger partial charge on any atom is 0.284 e. The van der Waals surface area contributed by atoms with Crippen molar-refractivity contribution in [2.75, 3.05) is 0 Å². The zero-order valence-electron chi connectivity index (χ0n) is 19.1. The first-order valence-corrected chi connectivity index (χ1v) is 14.2. The van der Waals surface area contributed by atoms with Crippen molar-refractivity contribution in [3.05, 3.63) is 131 Å². The first-order valence-electron chi connectivity index (χ1n) is 11.2. The Balaban J connectivity index is 1.79. The van der Waals surface area contributed by atoms with Gasteiger partial charge < -0.3 is 0 Å². The topological polar surface area (TPSA) is 53.2 Å². The molecule has 0 atom stereocenters. The molecule has 1 aliphatic rings. The van der Waals surface area contributed by atoms with Crippen LogP contribution in [-0.2, 0) is 4.79 Å². The molecule has 0 aromatic heterocycles. The Kier molecular flexibility index (Phi) is 7.07. The van der Waals surface area contributed by atoms with Crippen LogP contribution in [0.2, 0.25) is 5.02 Å². The zero-order chi connectivity index (χ0) is 25.0. The molecule has 0 spiro atoms. The van der Waals surface area contributed by atoms with Crippen molar-refractivity contribution < 1.29 is 4.79 Å². The Morgan fingerprint density at radius 3 is 1.69 bits per heavy atom. The van der Waals surface area contributed by atoms with Crippen molar-refractivity contribution in [2.45, 2.75) is 0 Å². The summed E-state index contributed by atoms with van der Waals surface area (Å²) in [6, 6.07) is 40.0. The van der Waals surface area contributed by atoms with Crippen LogP contribution in [0.25, 0.3) is 6.08 Å². The normalized spacial score (nSPS) is 14.4. The summed E-state index contributed by atoms with van der Waals surface area (Å²) < 4.78 is 0. The predicted octanol–water partition coefficient (Wildman–Crippen LogP) is 6.04. The summed E-state index contributed by atoms with van der Waals surface area (Å²) in [5.41, 5.74) is 0.848. The van der Waals surface area contributed by atoms with E-state index in [0.717, 1.165) is 21.5 Å². The van der Waals surface area contributed by atoms with Gasteiger partial charge in [0.25, 0.3) is 5.91 Å². The van der Waals surface area contributed by atoms with Crippen molar-refractivity contribution in [2.24, 2.45) is 4.99 Å². The molecule has 1 heterocycles. The van der Waals surface area contributed by atoms with E-state index in [1.807, 2.05) is 66.7 Å². The monoisotopic (exact) mass is 522 g/mol. The maximum absolute atomic E-state index is 13.0. The summed E-state index contributed by atoms with van der Waals surface area (Å²) in [6.45, 7) is -2.65. The number of halogens is 1. The molecule has 4 aromatic rings. The quantitative estimate of drug-likeness (QED) is 0.237. The summed E-state index contributed by atoms with van der Waals surface area (Å²) in [5, 5.41) is 15.4. The largest absolute Gasteiger partial charge is 0.284 e. The van der Waals surface area contributed by atoms with Crippen LogP contribution >= 0.6 is 30.2 Å². The smallest absolute Gasteiger partial charge is 0.266 e. The Labute approximate surface area is 219 Å². The van der Waals surface area contributed by atoms with E-state index in [4.69, 9.17) is 11.6 Å². The molecule has 1 aliphatic heterocycles. The van der Waals surface area contributed by atoms with Gasteiger partial charge in [0.2, 0.25) is 0 Å². The highest BCUT2D eigenvalue weighted by molar-refractivity contribution is 8.22. The van der Waals surface area contributed by atoms with Gasteiger partial charge in [-0.15, -0.1) is 0 Å². The second-order valence-electron chi connectivity index (χ2n) is 8.02. The second kappa shape index (κ2) is 10.6. The van der Waals surface area contributed by atoms with Crippen molar-refractivity contribution in [1.82, 2.24) is 0 Å². The molecule has 6 heteroatoms. The molecular weight excluding hydrogens is 503 g/mol. The van der Waals surface area contributed by atoms with Gasteiger partial charge in [-0.05, 0) is 46.6 Å². The number of nitrogens with zero attached hydrogens (tertiary/aromatic N) is 2. The lowest BCUT2D eigenvalue weighted by atomic mass is 10.2. The number of nitriles is 1. The molecule has 0 unspecified atom stereocenters. The van der Waals surface area contributed by atoms with E-state index in [1.54, 1.807) is 18.2 Å². The lowest BCUT2D eigenvalue weighted by Crippen LogP contribution is -2.32. The van der Waals surface area contributed by atoms with E-state index in [1.165, 1.54) is 11.8 Å². The third kappa shape index (κ3) is 4.50. The molecule has 0 aliphatic carbocycles. The summed E-state index contributed by atoms with van der Waals surface area (Å²) >= 11 is 7.27. The van der Waals surface area contributed by atoms with E-state index < -0.39 is 6.89 Å². The first-order chi connectivity index (χ1) is 17.6. The van der Waals surface area contributed by atoms with Gasteiger partial charge in [0.1, 0.15) is 11.1 Å². The second-order valence-corrected chi connectivity index (χ2v) is 12.8. The third-order valence-electron chi connectivity index (χ3n) is 5.86. The summed E-state index contributed by atoms with van der Waals surface area (Å²) in [6.07, 6.45) is 1.79. The summed E-state index contributed by atoms with van der Waals surface area (Å²) in [7, 11) is 0. The van der Waals surface area contributed by atoms with Gasteiger partial charge in [0.05, 0.1) is 10.2 Å². The lowest BCUT2D eigenvalue weighted by Gasteiger charge is -2.30. The molecule has 0 N–H and O–H groups in total. The van der Waals surface area contributed by atoms with Gasteiger partial charge in [-0.25, -0.2) is 4.99 Å². The Morgan fingerprint density at radius 1 is 0.778 bits per heavy atom.